The second-order valence-corrected chi connectivity index (χ2v) is 4.60. The summed E-state index contributed by atoms with van der Waals surface area (Å²) in [6.45, 7) is 7.83. The van der Waals surface area contributed by atoms with Crippen LogP contribution >= 0.6 is 11.6 Å². The normalized spacial score (nSPS) is 14.6. The molecule has 4 nitrogen and oxygen atoms in total. The molecule has 0 radical (unpaired) electrons. The number of nitrogens with one attached hydrogen (secondary N) is 1. The third-order valence-corrected chi connectivity index (χ3v) is 2.93. The highest BCUT2D eigenvalue weighted by atomic mass is 35.5. The van der Waals surface area contributed by atoms with Crippen molar-refractivity contribution >= 4 is 17.4 Å². The lowest BCUT2D eigenvalue weighted by Crippen LogP contribution is -2.32. The maximum atomic E-state index is 9.85. The fraction of sp³-hybridized carbons (Fsp3) is 0.636. The summed E-state index contributed by atoms with van der Waals surface area (Å²) in [7, 11) is 0. The number of hydrogen-bond acceptors (Lipinski definition) is 4. The molecule has 0 amide bonds. The molecule has 0 spiro atoms. The summed E-state index contributed by atoms with van der Waals surface area (Å²) >= 11 is 5.96. The molecule has 0 fully saturated rings. The van der Waals surface area contributed by atoms with Crippen LogP contribution < -0.4 is 5.32 Å². The summed E-state index contributed by atoms with van der Waals surface area (Å²) in [5.41, 5.74) is 0.893. The molecule has 0 bridgehead atoms. The van der Waals surface area contributed by atoms with E-state index in [1.54, 1.807) is 6.92 Å². The molecule has 5 heteroatoms. The van der Waals surface area contributed by atoms with E-state index in [4.69, 9.17) is 11.6 Å². The molecule has 2 N–H and O–H groups in total. The Labute approximate surface area is 101 Å². The van der Waals surface area contributed by atoms with Crippen molar-refractivity contribution in [3.63, 3.8) is 0 Å². The van der Waals surface area contributed by atoms with E-state index in [1.807, 2.05) is 20.8 Å². The minimum Gasteiger partial charge on any atom is -0.388 e. The van der Waals surface area contributed by atoms with E-state index in [0.29, 0.717) is 23.9 Å². The molecule has 1 rings (SSSR count). The Kier molecular flexibility index (Phi) is 4.10. The maximum absolute atomic E-state index is 9.85. The third-order valence-electron chi connectivity index (χ3n) is 2.66. The highest BCUT2D eigenvalue weighted by Gasteiger charge is 2.18. The number of halogens is 1. The van der Waals surface area contributed by atoms with Gasteiger partial charge in [-0.25, -0.2) is 9.97 Å². The zero-order valence-corrected chi connectivity index (χ0v) is 10.9. The summed E-state index contributed by atoms with van der Waals surface area (Å²) in [6.07, 6.45) is 0.663. The van der Waals surface area contributed by atoms with Gasteiger partial charge in [0.2, 0.25) is 0 Å². The first-order valence-electron chi connectivity index (χ1n) is 5.32. The van der Waals surface area contributed by atoms with Crippen LogP contribution in [0.25, 0.3) is 0 Å². The van der Waals surface area contributed by atoms with Crippen LogP contribution in [0.15, 0.2) is 0 Å². The van der Waals surface area contributed by atoms with Crippen molar-refractivity contribution in [2.45, 2.75) is 39.7 Å². The number of aryl methyl sites for hydroxylation is 2. The molecule has 0 aliphatic rings. The molecule has 1 aromatic heterocycles. The van der Waals surface area contributed by atoms with Crippen molar-refractivity contribution in [2.75, 3.05) is 11.9 Å². The second-order valence-electron chi connectivity index (χ2n) is 4.24. The molecular weight excluding hydrogens is 226 g/mol. The lowest BCUT2D eigenvalue weighted by atomic mass is 10.0. The molecule has 1 heterocycles. The topological polar surface area (TPSA) is 58.0 Å². The standard InChI is InChI=1S/C11H18ClN3O/c1-5-11(4,16)6-13-10-9(12)14-7(2)8(3)15-10/h16H,5-6H2,1-4H3,(H,13,15). The minimum atomic E-state index is -0.760. The Morgan fingerprint density at radius 3 is 2.44 bits per heavy atom. The van der Waals surface area contributed by atoms with Crippen LogP contribution in [-0.2, 0) is 0 Å². The van der Waals surface area contributed by atoms with E-state index in [1.165, 1.54) is 0 Å². The number of hydrogen-bond donors (Lipinski definition) is 2. The van der Waals surface area contributed by atoms with Crippen LogP contribution in [0.2, 0.25) is 5.15 Å². The van der Waals surface area contributed by atoms with Crippen LogP contribution in [0.3, 0.4) is 0 Å². The summed E-state index contributed by atoms with van der Waals surface area (Å²) in [5.74, 6) is 0.526. The van der Waals surface area contributed by atoms with E-state index in [0.717, 1.165) is 11.4 Å². The van der Waals surface area contributed by atoms with E-state index >= 15 is 0 Å². The first kappa shape index (κ1) is 13.2. The lowest BCUT2D eigenvalue weighted by molar-refractivity contribution is 0.0696. The SMILES string of the molecule is CCC(C)(O)CNc1nc(C)c(C)nc1Cl. The molecule has 1 atom stereocenters. The van der Waals surface area contributed by atoms with Crippen molar-refractivity contribution in [3.05, 3.63) is 16.5 Å². The third kappa shape index (κ3) is 3.32. The smallest absolute Gasteiger partial charge is 0.171 e. The molecule has 0 aromatic carbocycles. The van der Waals surface area contributed by atoms with Gasteiger partial charge in [-0.2, -0.15) is 0 Å². The van der Waals surface area contributed by atoms with Gasteiger partial charge in [0.25, 0.3) is 0 Å². The molecule has 90 valence electrons. The van der Waals surface area contributed by atoms with Gasteiger partial charge in [0.1, 0.15) is 0 Å². The first-order valence-corrected chi connectivity index (χ1v) is 5.70. The van der Waals surface area contributed by atoms with Gasteiger partial charge in [0.15, 0.2) is 11.0 Å². The molecule has 16 heavy (non-hydrogen) atoms. The van der Waals surface area contributed by atoms with Crippen molar-refractivity contribution in [1.82, 2.24) is 9.97 Å². The highest BCUT2D eigenvalue weighted by Crippen LogP contribution is 2.19. The molecule has 1 unspecified atom stereocenters. The van der Waals surface area contributed by atoms with Crippen LogP contribution in [0.4, 0.5) is 5.82 Å². The molecule has 0 saturated carbocycles. The van der Waals surface area contributed by atoms with Crippen molar-refractivity contribution < 1.29 is 5.11 Å². The average molecular weight is 244 g/mol. The summed E-state index contributed by atoms with van der Waals surface area (Å²) in [6, 6.07) is 0. The predicted molar refractivity (Wildman–Crippen MR) is 65.9 cm³/mol. The Morgan fingerprint density at radius 2 is 1.88 bits per heavy atom. The van der Waals surface area contributed by atoms with Gasteiger partial charge in [-0.1, -0.05) is 18.5 Å². The van der Waals surface area contributed by atoms with Crippen molar-refractivity contribution in [1.29, 1.82) is 0 Å². The van der Waals surface area contributed by atoms with Crippen LogP contribution in [-0.4, -0.2) is 27.2 Å². The monoisotopic (exact) mass is 243 g/mol. The number of anilines is 1. The second kappa shape index (κ2) is 4.97. The van der Waals surface area contributed by atoms with Gasteiger partial charge < -0.3 is 10.4 Å². The predicted octanol–water partition coefficient (Wildman–Crippen LogP) is 2.32. The van der Waals surface area contributed by atoms with E-state index in [-0.39, 0.29) is 0 Å². The largest absolute Gasteiger partial charge is 0.388 e. The lowest BCUT2D eigenvalue weighted by Gasteiger charge is -2.22. The Bertz CT molecular complexity index is 380. The molecule has 0 aliphatic carbocycles. The zero-order chi connectivity index (χ0) is 12.3. The highest BCUT2D eigenvalue weighted by molar-refractivity contribution is 6.31. The number of aliphatic hydroxyl groups is 1. The van der Waals surface area contributed by atoms with Gasteiger partial charge in [-0.3, -0.25) is 0 Å². The van der Waals surface area contributed by atoms with Gasteiger partial charge in [-0.05, 0) is 27.2 Å². The van der Waals surface area contributed by atoms with E-state index in [2.05, 4.69) is 15.3 Å². The molecule has 0 aliphatic heterocycles. The first-order chi connectivity index (χ1) is 7.35. The van der Waals surface area contributed by atoms with Crippen LogP contribution in [0, 0.1) is 13.8 Å². The van der Waals surface area contributed by atoms with Gasteiger partial charge >= 0.3 is 0 Å². The zero-order valence-electron chi connectivity index (χ0n) is 10.1. The Hall–Kier alpha value is -0.870. The quantitative estimate of drug-likeness (QED) is 0.852. The van der Waals surface area contributed by atoms with Crippen molar-refractivity contribution in [3.8, 4) is 0 Å². The van der Waals surface area contributed by atoms with E-state index < -0.39 is 5.60 Å². The van der Waals surface area contributed by atoms with Crippen molar-refractivity contribution in [2.24, 2.45) is 0 Å². The van der Waals surface area contributed by atoms with Gasteiger partial charge in [-0.15, -0.1) is 0 Å². The Morgan fingerprint density at radius 1 is 1.31 bits per heavy atom. The fourth-order valence-corrected chi connectivity index (χ4v) is 1.32. The van der Waals surface area contributed by atoms with Crippen LogP contribution in [0.1, 0.15) is 31.7 Å². The number of rotatable bonds is 4. The average Bonchev–Trinajstić information content (AvgIpc) is 2.22. The fourth-order valence-electron chi connectivity index (χ4n) is 1.09. The Balaban J connectivity index is 2.79. The van der Waals surface area contributed by atoms with Crippen LogP contribution in [0.5, 0.6) is 0 Å². The molecule has 0 saturated heterocycles. The van der Waals surface area contributed by atoms with E-state index in [9.17, 15) is 5.11 Å². The summed E-state index contributed by atoms with van der Waals surface area (Å²) in [4.78, 5) is 8.45. The maximum Gasteiger partial charge on any atom is 0.171 e. The number of nitrogens with zero attached hydrogens (tertiary/aromatic N) is 2. The summed E-state index contributed by atoms with van der Waals surface area (Å²) < 4.78 is 0. The number of aromatic nitrogens is 2. The summed E-state index contributed by atoms with van der Waals surface area (Å²) in [5, 5.41) is 13.2. The van der Waals surface area contributed by atoms with Gasteiger partial charge in [0, 0.05) is 6.54 Å². The minimum absolute atomic E-state index is 0.343. The molecular formula is C11H18ClN3O. The molecule has 1 aromatic rings. The van der Waals surface area contributed by atoms with Gasteiger partial charge in [0.05, 0.1) is 17.0 Å².